The van der Waals surface area contributed by atoms with Crippen molar-refractivity contribution >= 4 is 61.6 Å². The second-order valence-electron chi connectivity index (χ2n) is 13.6. The molecule has 14 heteroatoms. The molecule has 2 aromatic carbocycles. The van der Waals surface area contributed by atoms with Gasteiger partial charge in [0.15, 0.2) is 0 Å². The molecule has 0 amide bonds. The summed E-state index contributed by atoms with van der Waals surface area (Å²) in [6.07, 6.45) is 10.8. The zero-order valence-corrected chi connectivity index (χ0v) is 31.4. The van der Waals surface area contributed by atoms with Gasteiger partial charge in [0.25, 0.3) is 0 Å². The molecule has 0 unspecified atom stereocenters. The molecule has 51 heavy (non-hydrogen) atoms. The molecule has 0 atom stereocenters. The summed E-state index contributed by atoms with van der Waals surface area (Å²) in [4.78, 5) is 26.0. The lowest BCUT2D eigenvalue weighted by Gasteiger charge is -2.43. The van der Waals surface area contributed by atoms with Gasteiger partial charge in [-0.25, -0.2) is 13.4 Å². The zero-order chi connectivity index (χ0) is 36.3. The van der Waals surface area contributed by atoms with Crippen LogP contribution in [-0.4, -0.2) is 110 Å². The fourth-order valence-corrected chi connectivity index (χ4v) is 8.50. The van der Waals surface area contributed by atoms with Gasteiger partial charge in [0.1, 0.15) is 22.8 Å². The highest BCUT2D eigenvalue weighted by Gasteiger charge is 2.29. The molecule has 2 N–H and O–H groups in total. The monoisotopic (exact) mass is 714 g/mol. The third kappa shape index (κ3) is 7.87. The minimum Gasteiger partial charge on any atom is -0.494 e. The Kier molecular flexibility index (Phi) is 10.9. The number of sulfonamides is 1. The van der Waals surface area contributed by atoms with E-state index in [0.717, 1.165) is 64.2 Å². The smallest absolute Gasteiger partial charge is 0.232 e. The van der Waals surface area contributed by atoms with Crippen LogP contribution in [0.3, 0.4) is 0 Å². The van der Waals surface area contributed by atoms with Crippen LogP contribution in [0.25, 0.3) is 17.1 Å². The van der Waals surface area contributed by atoms with Gasteiger partial charge in [0, 0.05) is 87.3 Å². The number of aromatic nitrogens is 4. The molecule has 2 aliphatic rings. The Morgan fingerprint density at radius 1 is 1.02 bits per heavy atom. The first-order chi connectivity index (χ1) is 24.5. The maximum atomic E-state index is 13.1. The number of aryl methyl sites for hydroxylation is 1. The van der Waals surface area contributed by atoms with Crippen LogP contribution in [0.5, 0.6) is 5.75 Å². The predicted octanol–water partition coefficient (Wildman–Crippen LogP) is 5.51. The van der Waals surface area contributed by atoms with Crippen LogP contribution in [0, 0.1) is 0 Å². The molecule has 2 fully saturated rings. The first kappa shape index (κ1) is 36.3. The van der Waals surface area contributed by atoms with Gasteiger partial charge in [-0.2, -0.15) is 4.98 Å². The lowest BCUT2D eigenvalue weighted by atomic mass is 9.99. The van der Waals surface area contributed by atoms with Crippen molar-refractivity contribution in [3.8, 4) is 5.75 Å². The van der Waals surface area contributed by atoms with Gasteiger partial charge >= 0.3 is 0 Å². The number of likely N-dealkylation sites (N-methyl/N-ethyl adjacent to an activating group) is 1. The molecule has 4 aromatic rings. The average molecular weight is 715 g/mol. The van der Waals surface area contributed by atoms with E-state index in [0.29, 0.717) is 51.5 Å². The van der Waals surface area contributed by atoms with Crippen LogP contribution < -0.4 is 24.6 Å². The van der Waals surface area contributed by atoms with Crippen LogP contribution in [-0.2, 0) is 16.4 Å². The minimum absolute atomic E-state index is 0.343. The summed E-state index contributed by atoms with van der Waals surface area (Å²) in [5, 5.41) is 6.76. The highest BCUT2D eigenvalue weighted by Crippen LogP contribution is 2.39. The van der Waals surface area contributed by atoms with E-state index in [1.807, 2.05) is 13.8 Å². The van der Waals surface area contributed by atoms with Crippen molar-refractivity contribution in [2.75, 3.05) is 79.5 Å². The molecule has 2 aromatic heterocycles. The van der Waals surface area contributed by atoms with Crippen LogP contribution in [0.4, 0.5) is 34.5 Å². The maximum absolute atomic E-state index is 13.1. The first-order valence-electron chi connectivity index (χ1n) is 17.7. The molecule has 0 spiro atoms. The van der Waals surface area contributed by atoms with Crippen molar-refractivity contribution in [2.24, 2.45) is 0 Å². The van der Waals surface area contributed by atoms with Crippen molar-refractivity contribution in [1.29, 1.82) is 0 Å². The third-order valence-corrected chi connectivity index (χ3v) is 11.2. The van der Waals surface area contributed by atoms with Gasteiger partial charge in [-0.15, -0.1) is 0 Å². The summed E-state index contributed by atoms with van der Waals surface area (Å²) < 4.78 is 33.5. The number of ether oxygens (including phenoxy) is 1. The highest BCUT2D eigenvalue weighted by molar-refractivity contribution is 7.92. The Bertz CT molecular complexity index is 1970. The largest absolute Gasteiger partial charge is 0.494 e. The number of rotatable bonds is 12. The lowest BCUT2D eigenvalue weighted by Crippen LogP contribution is -2.52. The van der Waals surface area contributed by atoms with Crippen LogP contribution in [0.2, 0.25) is 0 Å². The number of hydrogen-bond donors (Lipinski definition) is 2. The normalized spacial score (nSPS) is 16.4. The van der Waals surface area contributed by atoms with E-state index in [4.69, 9.17) is 9.72 Å². The number of piperazine rings is 1. The average Bonchev–Trinajstić information content (AvgIpc) is 3.12. The number of benzene rings is 2. The van der Waals surface area contributed by atoms with E-state index in [1.165, 1.54) is 21.8 Å². The molecule has 0 saturated carbocycles. The predicted molar refractivity (Wildman–Crippen MR) is 207 cm³/mol. The Balaban J connectivity index is 1.28. The van der Waals surface area contributed by atoms with E-state index in [1.54, 1.807) is 43.9 Å². The zero-order valence-electron chi connectivity index (χ0n) is 30.6. The van der Waals surface area contributed by atoms with E-state index in [-0.39, 0.29) is 6.04 Å². The number of fused-ring (bicyclic) bond motifs is 1. The molecule has 272 valence electrons. The summed E-state index contributed by atoms with van der Waals surface area (Å²) >= 11 is 0. The number of anilines is 6. The quantitative estimate of drug-likeness (QED) is 0.192. The molecule has 2 aliphatic heterocycles. The van der Waals surface area contributed by atoms with Crippen molar-refractivity contribution in [3.05, 3.63) is 60.6 Å². The SMILES string of the molecule is C=Cc1cnc(Nc2cc(CC)c(N3CCC(N4CCN(C)CC4)CC3)cc2OC)nc1Nc1ccc2nccnc2c1N(C(C)C)S(C)(=O)=O. The van der Waals surface area contributed by atoms with E-state index >= 15 is 0 Å². The van der Waals surface area contributed by atoms with Crippen LogP contribution >= 0.6 is 0 Å². The summed E-state index contributed by atoms with van der Waals surface area (Å²) in [6, 6.07) is 8.10. The molecule has 2 saturated heterocycles. The fourth-order valence-electron chi connectivity index (χ4n) is 7.22. The van der Waals surface area contributed by atoms with E-state index in [9.17, 15) is 8.42 Å². The van der Waals surface area contributed by atoms with Crippen molar-refractivity contribution in [1.82, 2.24) is 29.7 Å². The summed E-state index contributed by atoms with van der Waals surface area (Å²) in [5.74, 6) is 1.49. The minimum atomic E-state index is -3.68. The molecular formula is C37H50N10O3S. The topological polar surface area (TPSA) is 132 Å². The number of nitrogens with zero attached hydrogens (tertiary/aromatic N) is 8. The number of methoxy groups -OCH3 is 1. The molecule has 6 rings (SSSR count). The maximum Gasteiger partial charge on any atom is 0.232 e. The summed E-state index contributed by atoms with van der Waals surface area (Å²) in [7, 11) is 0.199. The molecule has 0 bridgehead atoms. The van der Waals surface area contributed by atoms with Gasteiger partial charge in [-0.1, -0.05) is 19.6 Å². The van der Waals surface area contributed by atoms with Gasteiger partial charge in [0.2, 0.25) is 16.0 Å². The molecule has 13 nitrogen and oxygen atoms in total. The van der Waals surface area contributed by atoms with Crippen molar-refractivity contribution in [3.63, 3.8) is 0 Å². The molecular weight excluding hydrogens is 665 g/mol. The fraction of sp³-hybridized carbons (Fsp3) is 0.459. The number of nitrogens with one attached hydrogen (secondary N) is 2. The van der Waals surface area contributed by atoms with Crippen molar-refractivity contribution in [2.45, 2.75) is 52.1 Å². The Labute approximate surface area is 301 Å². The number of hydrogen-bond acceptors (Lipinski definition) is 12. The number of piperidine rings is 1. The third-order valence-electron chi connectivity index (χ3n) is 9.84. The highest BCUT2D eigenvalue weighted by atomic mass is 32.2. The standard InChI is InChI=1S/C37H50N10O3S/c1-8-26-22-31(33(50-6)23-32(26)46-16-12-28(13-17-46)45-20-18-44(5)19-21-45)42-37-40-24-27(9-2)36(43-37)41-30-11-10-29-34(39-15-14-38-29)35(30)47(25(3)4)51(7,48)49/h9-11,14-15,22-25,28H,2,8,12-13,16-21H2,1,3-7H3,(H2,40,41,42,43). The van der Waals surface area contributed by atoms with Gasteiger partial charge in [-0.05, 0) is 63.9 Å². The summed E-state index contributed by atoms with van der Waals surface area (Å²) in [6.45, 7) is 16.4. The van der Waals surface area contributed by atoms with Gasteiger partial charge in [0.05, 0.1) is 30.3 Å². The first-order valence-corrected chi connectivity index (χ1v) is 19.5. The second kappa shape index (κ2) is 15.4. The second-order valence-corrected chi connectivity index (χ2v) is 15.4. The molecule has 4 heterocycles. The van der Waals surface area contributed by atoms with Crippen molar-refractivity contribution < 1.29 is 13.2 Å². The van der Waals surface area contributed by atoms with Gasteiger partial charge in [-0.3, -0.25) is 19.2 Å². The van der Waals surface area contributed by atoms with E-state index < -0.39 is 10.0 Å². The van der Waals surface area contributed by atoms with E-state index in [2.05, 4.69) is 73.0 Å². The Morgan fingerprint density at radius 3 is 2.39 bits per heavy atom. The van der Waals surface area contributed by atoms with Crippen LogP contribution in [0.15, 0.2) is 49.4 Å². The lowest BCUT2D eigenvalue weighted by molar-refractivity contribution is 0.0982. The molecule has 0 aliphatic carbocycles. The summed E-state index contributed by atoms with van der Waals surface area (Å²) in [5.41, 5.74) is 5.73. The Hall–Kier alpha value is -4.53. The molecule has 0 radical (unpaired) electrons. The van der Waals surface area contributed by atoms with Crippen LogP contribution in [0.1, 0.15) is 44.7 Å². The Morgan fingerprint density at radius 2 is 1.75 bits per heavy atom. The van der Waals surface area contributed by atoms with Gasteiger partial charge < -0.3 is 25.2 Å².